The molecule has 0 aliphatic carbocycles. The third-order valence-electron chi connectivity index (χ3n) is 3.66. The molecule has 3 nitrogen and oxygen atoms in total. The molecule has 3 rings (SSSR count). The lowest BCUT2D eigenvalue weighted by atomic mass is 10.1. The fraction of sp³-hybridized carbons (Fsp3) is 0.176. The first kappa shape index (κ1) is 13.8. The van der Waals surface area contributed by atoms with Gasteiger partial charge >= 0.3 is 0 Å². The van der Waals surface area contributed by atoms with Crippen LogP contribution in [0.4, 0.5) is 0 Å². The summed E-state index contributed by atoms with van der Waals surface area (Å²) in [6, 6.07) is 14.6. The normalized spacial score (nSPS) is 13.7. The highest BCUT2D eigenvalue weighted by atomic mass is 35.5. The third-order valence-corrected chi connectivity index (χ3v) is 4.03. The molecule has 0 radical (unpaired) electrons. The summed E-state index contributed by atoms with van der Waals surface area (Å²) in [4.78, 5) is 25.7. The molecule has 2 aromatic carbocycles. The second-order valence-electron chi connectivity index (χ2n) is 5.00. The molecule has 0 N–H and O–H groups in total. The van der Waals surface area contributed by atoms with Crippen molar-refractivity contribution in [2.45, 2.75) is 12.8 Å². The Kier molecular flexibility index (Phi) is 3.76. The first-order valence-electron chi connectivity index (χ1n) is 6.87. The topological polar surface area (TPSA) is 37.4 Å². The third kappa shape index (κ3) is 2.57. The smallest absolute Gasteiger partial charge is 0.261 e. The van der Waals surface area contributed by atoms with Crippen molar-refractivity contribution < 1.29 is 9.59 Å². The first-order chi connectivity index (χ1) is 10.2. The Morgan fingerprint density at radius 1 is 0.857 bits per heavy atom. The lowest BCUT2D eigenvalue weighted by Gasteiger charge is -2.13. The molecule has 106 valence electrons. The van der Waals surface area contributed by atoms with Gasteiger partial charge in [0.25, 0.3) is 11.8 Å². The predicted molar refractivity (Wildman–Crippen MR) is 81.6 cm³/mol. The van der Waals surface area contributed by atoms with Crippen LogP contribution in [0.1, 0.15) is 32.7 Å². The average molecular weight is 300 g/mol. The maximum Gasteiger partial charge on any atom is 0.261 e. The minimum absolute atomic E-state index is 0.199. The fourth-order valence-corrected chi connectivity index (χ4v) is 2.80. The van der Waals surface area contributed by atoms with Crippen LogP contribution in [0.3, 0.4) is 0 Å². The van der Waals surface area contributed by atoms with Gasteiger partial charge in [0.15, 0.2) is 0 Å². The van der Waals surface area contributed by atoms with Crippen LogP contribution < -0.4 is 0 Å². The number of nitrogens with zero attached hydrogens (tertiary/aromatic N) is 1. The molecule has 1 aliphatic rings. The Morgan fingerprint density at radius 2 is 1.43 bits per heavy atom. The van der Waals surface area contributed by atoms with Gasteiger partial charge in [-0.1, -0.05) is 41.9 Å². The number of amides is 2. The molecule has 0 fully saturated rings. The summed E-state index contributed by atoms with van der Waals surface area (Å²) >= 11 is 6.10. The van der Waals surface area contributed by atoms with Gasteiger partial charge in [0, 0.05) is 11.6 Å². The van der Waals surface area contributed by atoms with E-state index >= 15 is 0 Å². The molecule has 21 heavy (non-hydrogen) atoms. The summed E-state index contributed by atoms with van der Waals surface area (Å²) in [5, 5.41) is 0.722. The van der Waals surface area contributed by atoms with E-state index in [-0.39, 0.29) is 11.8 Å². The van der Waals surface area contributed by atoms with Gasteiger partial charge in [-0.2, -0.15) is 0 Å². The second kappa shape index (κ2) is 5.70. The number of rotatable bonds is 4. The molecule has 0 spiro atoms. The molecule has 4 heteroatoms. The minimum atomic E-state index is -0.199. The van der Waals surface area contributed by atoms with Crippen molar-refractivity contribution in [3.05, 3.63) is 70.2 Å². The number of hydrogen-bond donors (Lipinski definition) is 0. The van der Waals surface area contributed by atoms with Crippen LogP contribution in [0.2, 0.25) is 5.02 Å². The van der Waals surface area contributed by atoms with Gasteiger partial charge < -0.3 is 0 Å². The summed E-state index contributed by atoms with van der Waals surface area (Å²) in [7, 11) is 0. The zero-order chi connectivity index (χ0) is 14.8. The van der Waals surface area contributed by atoms with Crippen molar-refractivity contribution in [3.63, 3.8) is 0 Å². The van der Waals surface area contributed by atoms with Crippen molar-refractivity contribution in [1.29, 1.82) is 0 Å². The van der Waals surface area contributed by atoms with Gasteiger partial charge in [-0.15, -0.1) is 0 Å². The molecular formula is C17H14ClNO2. The van der Waals surface area contributed by atoms with Gasteiger partial charge in [-0.25, -0.2) is 0 Å². The number of imide groups is 1. The molecule has 0 bridgehead atoms. The van der Waals surface area contributed by atoms with E-state index in [9.17, 15) is 9.59 Å². The molecule has 2 amide bonds. The quantitative estimate of drug-likeness (QED) is 0.809. The number of hydrogen-bond acceptors (Lipinski definition) is 2. The van der Waals surface area contributed by atoms with E-state index < -0.39 is 0 Å². The largest absolute Gasteiger partial charge is 0.274 e. The Balaban J connectivity index is 1.66. The van der Waals surface area contributed by atoms with Crippen molar-refractivity contribution >= 4 is 23.4 Å². The summed E-state index contributed by atoms with van der Waals surface area (Å²) in [6.45, 7) is 0.414. The SMILES string of the molecule is O=C1c2ccccc2C(=O)N1CCCc1ccccc1Cl. The van der Waals surface area contributed by atoms with Gasteiger partial charge in [-0.3, -0.25) is 14.5 Å². The number of halogens is 1. The Hall–Kier alpha value is -2.13. The number of carbonyl (C=O) groups excluding carboxylic acids is 2. The Labute approximate surface area is 128 Å². The van der Waals surface area contributed by atoms with Crippen LogP contribution in [0.25, 0.3) is 0 Å². The second-order valence-corrected chi connectivity index (χ2v) is 5.41. The standard InChI is InChI=1S/C17H14ClNO2/c18-15-10-4-1-6-12(15)7-5-11-19-16(20)13-8-2-3-9-14(13)17(19)21/h1-4,6,8-10H,5,7,11H2. The maximum atomic E-state index is 12.2. The predicted octanol–water partition coefficient (Wildman–Crippen LogP) is 3.57. The van der Waals surface area contributed by atoms with Crippen LogP contribution in [-0.4, -0.2) is 23.3 Å². The van der Waals surface area contributed by atoms with Crippen LogP contribution in [0.5, 0.6) is 0 Å². The lowest BCUT2D eigenvalue weighted by molar-refractivity contribution is 0.0652. The monoisotopic (exact) mass is 299 g/mol. The van der Waals surface area contributed by atoms with Gasteiger partial charge in [0.2, 0.25) is 0 Å². The molecule has 1 heterocycles. The van der Waals surface area contributed by atoms with Gasteiger partial charge in [0.05, 0.1) is 11.1 Å². The van der Waals surface area contributed by atoms with E-state index in [0.29, 0.717) is 24.1 Å². The summed E-state index contributed by atoms with van der Waals surface area (Å²) in [5.74, 6) is -0.399. The number of aryl methyl sites for hydroxylation is 1. The van der Waals surface area contributed by atoms with E-state index in [2.05, 4.69) is 0 Å². The van der Waals surface area contributed by atoms with Gasteiger partial charge in [0.1, 0.15) is 0 Å². The molecule has 2 aromatic rings. The number of carbonyl (C=O) groups is 2. The van der Waals surface area contributed by atoms with Crippen LogP contribution in [0, 0.1) is 0 Å². The van der Waals surface area contributed by atoms with Crippen LogP contribution in [0.15, 0.2) is 48.5 Å². The summed E-state index contributed by atoms with van der Waals surface area (Å²) < 4.78 is 0. The van der Waals surface area contributed by atoms with E-state index in [0.717, 1.165) is 17.0 Å². The van der Waals surface area contributed by atoms with Crippen LogP contribution in [-0.2, 0) is 6.42 Å². The number of benzene rings is 2. The summed E-state index contributed by atoms with van der Waals surface area (Å²) in [5.41, 5.74) is 2.04. The first-order valence-corrected chi connectivity index (χ1v) is 7.25. The molecule has 0 unspecified atom stereocenters. The molecule has 0 atom stereocenters. The fourth-order valence-electron chi connectivity index (χ4n) is 2.57. The van der Waals surface area contributed by atoms with Crippen LogP contribution >= 0.6 is 11.6 Å². The van der Waals surface area contributed by atoms with E-state index in [1.807, 2.05) is 24.3 Å². The van der Waals surface area contributed by atoms with Crippen molar-refractivity contribution in [2.75, 3.05) is 6.54 Å². The van der Waals surface area contributed by atoms with Crippen molar-refractivity contribution in [1.82, 2.24) is 4.90 Å². The van der Waals surface area contributed by atoms with E-state index in [1.54, 1.807) is 24.3 Å². The van der Waals surface area contributed by atoms with E-state index in [1.165, 1.54) is 4.90 Å². The zero-order valence-corrected chi connectivity index (χ0v) is 12.1. The Morgan fingerprint density at radius 3 is 2.05 bits per heavy atom. The molecular weight excluding hydrogens is 286 g/mol. The Bertz CT molecular complexity index is 676. The highest BCUT2D eigenvalue weighted by molar-refractivity contribution is 6.31. The van der Waals surface area contributed by atoms with Crippen molar-refractivity contribution in [3.8, 4) is 0 Å². The average Bonchev–Trinajstić information content (AvgIpc) is 2.74. The highest BCUT2D eigenvalue weighted by Crippen LogP contribution is 2.23. The molecule has 0 saturated carbocycles. The van der Waals surface area contributed by atoms with E-state index in [4.69, 9.17) is 11.6 Å². The summed E-state index contributed by atoms with van der Waals surface area (Å²) in [6.07, 6.45) is 1.45. The number of fused-ring (bicyclic) bond motifs is 1. The zero-order valence-electron chi connectivity index (χ0n) is 11.4. The minimum Gasteiger partial charge on any atom is -0.274 e. The molecule has 0 saturated heterocycles. The van der Waals surface area contributed by atoms with Crippen molar-refractivity contribution in [2.24, 2.45) is 0 Å². The molecule has 1 aliphatic heterocycles. The highest BCUT2D eigenvalue weighted by Gasteiger charge is 2.34. The van der Waals surface area contributed by atoms with Gasteiger partial charge in [-0.05, 0) is 36.6 Å². The molecule has 0 aromatic heterocycles. The maximum absolute atomic E-state index is 12.2. The lowest BCUT2D eigenvalue weighted by Crippen LogP contribution is -2.30.